The Morgan fingerprint density at radius 2 is 1.94 bits per heavy atom. The van der Waals surface area contributed by atoms with E-state index in [2.05, 4.69) is 32.5 Å². The van der Waals surface area contributed by atoms with Crippen LogP contribution in [0.4, 0.5) is 5.69 Å². The minimum absolute atomic E-state index is 0. The Morgan fingerprint density at radius 3 is 2.71 bits per heavy atom. The molecule has 1 aliphatic rings. The summed E-state index contributed by atoms with van der Waals surface area (Å²) in [6.45, 7) is 1.11. The van der Waals surface area contributed by atoms with Gasteiger partial charge < -0.3 is 14.7 Å². The number of benzene rings is 2. The fourth-order valence-corrected chi connectivity index (χ4v) is 6.62. The predicted molar refractivity (Wildman–Crippen MR) is 126 cm³/mol. The van der Waals surface area contributed by atoms with Gasteiger partial charge in [-0.3, -0.25) is 5.04 Å². The molecule has 0 saturated heterocycles. The number of nitrogens with zero attached hydrogens (tertiary/aromatic N) is 2. The summed E-state index contributed by atoms with van der Waals surface area (Å²) in [5, 5.41) is 15.3. The quantitative estimate of drug-likeness (QED) is 0.0605. The Labute approximate surface area is 240 Å². The van der Waals surface area contributed by atoms with Gasteiger partial charge >= 0.3 is 0 Å². The summed E-state index contributed by atoms with van der Waals surface area (Å²) < 4.78 is 40.7. The van der Waals surface area contributed by atoms with Crippen molar-refractivity contribution in [2.75, 3.05) is 23.0 Å². The molecular formula is C21H19N2O6S4V2-3. The summed E-state index contributed by atoms with van der Waals surface area (Å²) in [4.78, 5) is 3.31. The van der Waals surface area contributed by atoms with E-state index in [0.29, 0.717) is 18.8 Å². The van der Waals surface area contributed by atoms with E-state index >= 15 is 0 Å². The van der Waals surface area contributed by atoms with E-state index in [1.54, 1.807) is 23.1 Å². The molecule has 0 bridgehead atoms. The summed E-state index contributed by atoms with van der Waals surface area (Å²) in [7, 11) is -4.27. The number of rotatable bonds is 11. The monoisotopic (exact) mass is 625 g/mol. The number of fused-ring (bicyclic) bond motifs is 2. The smallest absolute Gasteiger partial charge is 0.252 e. The maximum atomic E-state index is 11.1. The fraction of sp³-hybridized carbons (Fsp3) is 0.286. The van der Waals surface area contributed by atoms with Gasteiger partial charge in [-0.15, -0.1) is 12.1 Å². The van der Waals surface area contributed by atoms with Crippen LogP contribution in [0.1, 0.15) is 17.8 Å². The molecule has 4 rings (SSSR count). The second kappa shape index (κ2) is 14.5. The van der Waals surface area contributed by atoms with Crippen LogP contribution in [0, 0.1) is 12.1 Å². The van der Waals surface area contributed by atoms with E-state index in [1.807, 2.05) is 41.0 Å². The molecule has 0 amide bonds. The molecule has 2 aromatic carbocycles. The van der Waals surface area contributed by atoms with Crippen molar-refractivity contribution in [3.8, 4) is 0 Å². The first-order chi connectivity index (χ1) is 16.0. The van der Waals surface area contributed by atoms with Gasteiger partial charge in [0.15, 0.2) is 0 Å². The number of hydrogen-bond acceptors (Lipinski definition) is 10. The molecule has 0 saturated carbocycles. The normalized spacial score (nSPS) is 14.1. The Morgan fingerprint density at radius 1 is 1.17 bits per heavy atom. The van der Waals surface area contributed by atoms with Gasteiger partial charge in [0.05, 0.1) is 15.1 Å². The molecule has 14 heteroatoms. The molecule has 1 aromatic heterocycles. The Kier molecular flexibility index (Phi) is 12.7. The van der Waals surface area contributed by atoms with Crippen molar-refractivity contribution in [2.24, 2.45) is 0 Å². The molecule has 0 aliphatic carbocycles. The minimum Gasteiger partial charge on any atom is -0.748 e. The summed E-state index contributed by atoms with van der Waals surface area (Å²) >= 11 is 4.21. The van der Waals surface area contributed by atoms with E-state index in [-0.39, 0.29) is 43.5 Å². The minimum atomic E-state index is -4.27. The fourth-order valence-electron chi connectivity index (χ4n) is 3.50. The van der Waals surface area contributed by atoms with Crippen LogP contribution >= 0.6 is 35.1 Å². The van der Waals surface area contributed by atoms with Gasteiger partial charge in [0.1, 0.15) is 12.1 Å². The topological polar surface area (TPSA) is 106 Å². The Bertz CT molecular complexity index is 1260. The van der Waals surface area contributed by atoms with E-state index in [1.165, 1.54) is 0 Å². The molecule has 3 aromatic rings. The number of anilines is 1. The van der Waals surface area contributed by atoms with Gasteiger partial charge in [0.2, 0.25) is 0 Å². The van der Waals surface area contributed by atoms with Gasteiger partial charge in [0, 0.05) is 79.7 Å². The Balaban J connectivity index is 0.00000216. The van der Waals surface area contributed by atoms with Crippen LogP contribution in [0.5, 0.6) is 0 Å². The molecule has 2 heterocycles. The third kappa shape index (κ3) is 8.26. The van der Waals surface area contributed by atoms with Gasteiger partial charge in [0.25, 0.3) is 5.01 Å². The zero-order valence-electron chi connectivity index (χ0n) is 18.2. The van der Waals surface area contributed by atoms with Gasteiger partial charge in [-0.2, -0.15) is 40.7 Å². The first-order valence-electron chi connectivity index (χ1n) is 9.97. The number of hydrogen-bond donors (Lipinski definition) is 0. The SMILES string of the molecule is O=S(=O)([O-])CCC[n+]1c(C=C2Sc3cc[c-]cc3N2CCCSOO[O-])sc2cc[c-]cc21.[V].[V]. The van der Waals surface area contributed by atoms with Crippen molar-refractivity contribution in [3.05, 3.63) is 58.6 Å². The molecule has 186 valence electrons. The van der Waals surface area contributed by atoms with Crippen molar-refractivity contribution < 1.29 is 69.3 Å². The maximum absolute atomic E-state index is 11.1. The largest absolute Gasteiger partial charge is 0.748 e. The van der Waals surface area contributed by atoms with Crippen LogP contribution in [0.25, 0.3) is 16.3 Å². The zero-order valence-corrected chi connectivity index (χ0v) is 24.2. The van der Waals surface area contributed by atoms with Crippen molar-refractivity contribution >= 4 is 67.2 Å². The van der Waals surface area contributed by atoms with E-state index < -0.39 is 15.9 Å². The molecule has 1 aliphatic heterocycles. The van der Waals surface area contributed by atoms with Crippen LogP contribution in [0.15, 0.2) is 46.3 Å². The molecule has 0 spiro atoms. The van der Waals surface area contributed by atoms with Crippen LogP contribution in [-0.4, -0.2) is 31.0 Å². The average Bonchev–Trinajstić information content (AvgIpc) is 3.31. The van der Waals surface area contributed by atoms with Gasteiger partial charge in [-0.1, -0.05) is 33.7 Å². The van der Waals surface area contributed by atoms with Gasteiger partial charge in [-0.25, -0.2) is 13.0 Å². The van der Waals surface area contributed by atoms with Crippen LogP contribution in [0.3, 0.4) is 0 Å². The average molecular weight is 626 g/mol. The molecular weight excluding hydrogens is 606 g/mol. The summed E-state index contributed by atoms with van der Waals surface area (Å²) in [5.74, 6) is 0.184. The third-order valence-corrected chi connectivity index (χ3v) is 8.48. The second-order valence-electron chi connectivity index (χ2n) is 7.04. The zero-order chi connectivity index (χ0) is 23.3. The van der Waals surface area contributed by atoms with Crippen molar-refractivity contribution in [3.63, 3.8) is 0 Å². The standard InChI is InChI=1S/C21H21N2O6S4.2V/c24-28-29-30-13-5-11-22-16-7-1-3-9-18(16)31-20(22)15-21-23(12-6-14-33(25,26)27)17-8-2-4-10-19(17)32-21;;/h3-4,7-10,15,24H,5-6,11-14H2,(H,25,26,27);;/q-1;;/p-2. The van der Waals surface area contributed by atoms with Crippen molar-refractivity contribution in [1.29, 1.82) is 0 Å². The molecule has 8 nitrogen and oxygen atoms in total. The number of thiazole rings is 1. The van der Waals surface area contributed by atoms with Crippen LogP contribution in [-0.2, 0) is 63.1 Å². The summed E-state index contributed by atoms with van der Waals surface area (Å²) in [6, 6.07) is 17.7. The van der Waals surface area contributed by atoms with Gasteiger partial charge in [-0.05, 0) is 11.1 Å². The van der Waals surface area contributed by atoms with Crippen LogP contribution in [0.2, 0.25) is 0 Å². The number of aromatic nitrogens is 1. The molecule has 35 heavy (non-hydrogen) atoms. The molecule has 0 fully saturated rings. The van der Waals surface area contributed by atoms with E-state index in [9.17, 15) is 18.2 Å². The molecule has 0 unspecified atom stereocenters. The van der Waals surface area contributed by atoms with Crippen molar-refractivity contribution in [1.82, 2.24) is 0 Å². The molecule has 0 N–H and O–H groups in total. The summed E-state index contributed by atoms with van der Waals surface area (Å²) in [6.07, 6.45) is 3.08. The maximum Gasteiger partial charge on any atom is 0.252 e. The predicted octanol–water partition coefficient (Wildman–Crippen LogP) is 2.89. The molecule has 2 radical (unpaired) electrons. The van der Waals surface area contributed by atoms with Crippen molar-refractivity contribution in [2.45, 2.75) is 24.3 Å². The summed E-state index contributed by atoms with van der Waals surface area (Å²) in [5.41, 5.74) is 2.00. The molecule has 0 atom stereocenters. The Hall–Kier alpha value is -0.471. The number of thioether (sulfide) groups is 1. The first-order valence-corrected chi connectivity index (χ1v) is 14.1. The van der Waals surface area contributed by atoms with E-state index in [0.717, 1.165) is 49.3 Å². The second-order valence-corrected chi connectivity index (χ2v) is 11.5. The third-order valence-electron chi connectivity index (χ3n) is 4.86. The first kappa shape index (κ1) is 30.8. The van der Waals surface area contributed by atoms with Crippen LogP contribution < -0.4 is 14.7 Å². The number of aryl methyl sites for hydroxylation is 1. The van der Waals surface area contributed by atoms with E-state index in [4.69, 9.17) is 0 Å².